The molecule has 5 rings (SSSR count). The lowest BCUT2D eigenvalue weighted by atomic mass is 9.98. The van der Waals surface area contributed by atoms with E-state index < -0.39 is 9.92 Å². The first-order valence-electron chi connectivity index (χ1n) is 9.34. The number of hydrogen-bond acceptors (Lipinski definition) is 5. The fraction of sp³-hybridized carbons (Fsp3) is 0.500. The van der Waals surface area contributed by atoms with Crippen LogP contribution in [0, 0.1) is 5.82 Å². The number of fused-ring (bicyclic) bond motifs is 3. The highest BCUT2D eigenvalue weighted by atomic mass is 32.2. The van der Waals surface area contributed by atoms with E-state index in [1.807, 2.05) is 0 Å². The third-order valence-corrected chi connectivity index (χ3v) is 7.12. The number of benzene rings is 1. The van der Waals surface area contributed by atoms with Crippen LogP contribution in [0.1, 0.15) is 35.1 Å². The molecule has 0 fully saturated rings. The quantitative estimate of drug-likeness (QED) is 0.835. The number of ether oxygens (including phenoxy) is 1. The SMILES string of the molecule is NS(=O)(=NCNc1c2c(c(F)c3c1CCC3)CCC2)c1cnn2c1OCC2. The van der Waals surface area contributed by atoms with Crippen molar-refractivity contribution >= 4 is 15.6 Å². The zero-order chi connectivity index (χ0) is 18.6. The second-order valence-corrected chi connectivity index (χ2v) is 9.06. The summed E-state index contributed by atoms with van der Waals surface area (Å²) >= 11 is 0. The van der Waals surface area contributed by atoms with Crippen LogP contribution in [0.25, 0.3) is 0 Å². The van der Waals surface area contributed by atoms with Crippen molar-refractivity contribution in [3.05, 3.63) is 34.3 Å². The van der Waals surface area contributed by atoms with E-state index >= 15 is 0 Å². The van der Waals surface area contributed by atoms with Gasteiger partial charge in [0.25, 0.3) is 0 Å². The highest BCUT2D eigenvalue weighted by molar-refractivity contribution is 7.91. The molecule has 7 nitrogen and oxygen atoms in total. The van der Waals surface area contributed by atoms with E-state index in [0.29, 0.717) is 23.9 Å². The summed E-state index contributed by atoms with van der Waals surface area (Å²) in [5.41, 5.74) is 4.78. The molecule has 3 N–H and O–H groups in total. The minimum atomic E-state index is -3.12. The monoisotopic (exact) mass is 391 g/mol. The summed E-state index contributed by atoms with van der Waals surface area (Å²) in [5, 5.41) is 13.4. The number of hydrogen-bond donors (Lipinski definition) is 2. The van der Waals surface area contributed by atoms with Gasteiger partial charge in [-0.1, -0.05) is 0 Å². The van der Waals surface area contributed by atoms with Crippen LogP contribution >= 0.6 is 0 Å². The van der Waals surface area contributed by atoms with Crippen molar-refractivity contribution < 1.29 is 13.3 Å². The van der Waals surface area contributed by atoms with E-state index in [4.69, 9.17) is 9.88 Å². The summed E-state index contributed by atoms with van der Waals surface area (Å²) in [6, 6.07) is 0. The average molecular weight is 391 g/mol. The highest BCUT2D eigenvalue weighted by Gasteiger charge is 2.29. The molecule has 1 aliphatic heterocycles. The summed E-state index contributed by atoms with van der Waals surface area (Å²) < 4.78 is 39.0. The Hall–Kier alpha value is -2.13. The number of rotatable bonds is 4. The van der Waals surface area contributed by atoms with Crippen molar-refractivity contribution in [2.75, 3.05) is 18.6 Å². The fourth-order valence-electron chi connectivity index (χ4n) is 4.47. The third-order valence-electron chi connectivity index (χ3n) is 5.70. The smallest absolute Gasteiger partial charge is 0.230 e. The second-order valence-electron chi connectivity index (χ2n) is 7.23. The molecule has 2 aliphatic carbocycles. The van der Waals surface area contributed by atoms with Crippen LogP contribution in [-0.4, -0.2) is 27.3 Å². The van der Waals surface area contributed by atoms with Crippen LogP contribution in [0.3, 0.4) is 0 Å². The molecule has 9 heteroatoms. The van der Waals surface area contributed by atoms with E-state index in [1.165, 1.54) is 6.20 Å². The van der Waals surface area contributed by atoms with Crippen molar-refractivity contribution in [3.8, 4) is 5.88 Å². The number of aromatic nitrogens is 2. The summed E-state index contributed by atoms with van der Waals surface area (Å²) in [4.78, 5) is 0.330. The van der Waals surface area contributed by atoms with Gasteiger partial charge in [0.2, 0.25) is 5.88 Å². The van der Waals surface area contributed by atoms with Crippen LogP contribution < -0.4 is 15.2 Å². The third kappa shape index (κ3) is 2.63. The number of nitrogens with two attached hydrogens (primary N) is 1. The van der Waals surface area contributed by atoms with Crippen LogP contribution in [0.15, 0.2) is 15.5 Å². The Morgan fingerprint density at radius 3 is 2.59 bits per heavy atom. The van der Waals surface area contributed by atoms with Gasteiger partial charge in [-0.2, -0.15) is 9.46 Å². The molecule has 1 atom stereocenters. The molecule has 1 aromatic carbocycles. The van der Waals surface area contributed by atoms with E-state index in [0.717, 1.165) is 66.5 Å². The van der Waals surface area contributed by atoms with Crippen LogP contribution in [-0.2, 0) is 42.1 Å². The van der Waals surface area contributed by atoms with Gasteiger partial charge in [0, 0.05) is 5.69 Å². The maximum Gasteiger partial charge on any atom is 0.230 e. The lowest BCUT2D eigenvalue weighted by Gasteiger charge is -2.17. The second kappa shape index (κ2) is 6.20. The molecule has 2 heterocycles. The average Bonchev–Trinajstić information content (AvgIpc) is 3.41. The van der Waals surface area contributed by atoms with Gasteiger partial charge in [0.15, 0.2) is 0 Å². The van der Waals surface area contributed by atoms with Gasteiger partial charge in [-0.3, -0.25) is 0 Å². The van der Waals surface area contributed by atoms with Gasteiger partial charge in [-0.15, -0.1) is 0 Å². The zero-order valence-electron chi connectivity index (χ0n) is 15.0. The summed E-state index contributed by atoms with van der Waals surface area (Å²) in [6.45, 7) is 1.22. The highest BCUT2D eigenvalue weighted by Crippen LogP contribution is 2.40. The Morgan fingerprint density at radius 2 is 1.89 bits per heavy atom. The Labute approximate surface area is 157 Å². The van der Waals surface area contributed by atoms with Gasteiger partial charge in [-0.05, 0) is 60.8 Å². The predicted octanol–water partition coefficient (Wildman–Crippen LogP) is 2.16. The van der Waals surface area contributed by atoms with E-state index in [2.05, 4.69) is 14.8 Å². The van der Waals surface area contributed by atoms with Crippen LogP contribution in [0.2, 0.25) is 0 Å². The van der Waals surface area contributed by atoms with Crippen molar-refractivity contribution in [1.29, 1.82) is 0 Å². The molecule has 0 amide bonds. The van der Waals surface area contributed by atoms with Gasteiger partial charge in [-0.25, -0.2) is 18.4 Å². The first-order chi connectivity index (χ1) is 13.1. The molecule has 0 bridgehead atoms. The number of anilines is 1. The molecule has 144 valence electrons. The Balaban J connectivity index is 1.46. The number of nitrogens with zero attached hydrogens (tertiary/aromatic N) is 3. The molecule has 27 heavy (non-hydrogen) atoms. The van der Waals surface area contributed by atoms with Crippen LogP contribution in [0.5, 0.6) is 5.88 Å². The topological polar surface area (TPSA) is 94.5 Å². The number of nitrogens with one attached hydrogen (secondary N) is 1. The van der Waals surface area contributed by atoms with Crippen molar-refractivity contribution in [1.82, 2.24) is 9.78 Å². The van der Waals surface area contributed by atoms with Crippen molar-refractivity contribution in [2.45, 2.75) is 50.0 Å². The Kier molecular flexibility index (Phi) is 3.90. The van der Waals surface area contributed by atoms with Crippen molar-refractivity contribution in [3.63, 3.8) is 0 Å². The molecule has 0 radical (unpaired) electrons. The number of halogens is 1. The minimum Gasteiger partial charge on any atom is -0.475 e. The summed E-state index contributed by atoms with van der Waals surface area (Å²) in [6.07, 6.45) is 6.70. The predicted molar refractivity (Wildman–Crippen MR) is 99.7 cm³/mol. The molecule has 1 unspecified atom stereocenters. The molecule has 1 aromatic heterocycles. The van der Waals surface area contributed by atoms with Gasteiger partial charge >= 0.3 is 0 Å². The first kappa shape index (κ1) is 17.0. The van der Waals surface area contributed by atoms with Crippen molar-refractivity contribution in [2.24, 2.45) is 9.50 Å². The molecular weight excluding hydrogens is 369 g/mol. The van der Waals surface area contributed by atoms with Gasteiger partial charge < -0.3 is 10.1 Å². The first-order valence-corrected chi connectivity index (χ1v) is 10.9. The molecule has 2 aromatic rings. The lowest BCUT2D eigenvalue weighted by molar-refractivity contribution is 0.349. The molecule has 0 saturated carbocycles. The van der Waals surface area contributed by atoms with Gasteiger partial charge in [0.05, 0.1) is 12.7 Å². The summed E-state index contributed by atoms with van der Waals surface area (Å²) in [7, 11) is -3.12. The Morgan fingerprint density at radius 1 is 1.22 bits per heavy atom. The standard InChI is InChI=1S/C18H22FN5O2S/c19-16-11-3-1-5-13(11)17(14-6-2-4-12(14)16)21-10-23-27(20,25)15-9-22-24-7-8-26-18(15)24/h9,21H,1-8,10H2,(H2,20,23,25). The molecule has 3 aliphatic rings. The normalized spacial score (nSPS) is 19.2. The molecule has 0 spiro atoms. The lowest BCUT2D eigenvalue weighted by Crippen LogP contribution is -2.16. The Bertz CT molecular complexity index is 1020. The summed E-state index contributed by atoms with van der Waals surface area (Å²) in [5.74, 6) is 0.433. The van der Waals surface area contributed by atoms with E-state index in [-0.39, 0.29) is 12.5 Å². The zero-order valence-corrected chi connectivity index (χ0v) is 15.8. The van der Waals surface area contributed by atoms with E-state index in [1.54, 1.807) is 4.68 Å². The van der Waals surface area contributed by atoms with Gasteiger partial charge in [0.1, 0.15) is 33.9 Å². The molecular formula is C18H22FN5O2S. The molecule has 0 saturated heterocycles. The fourth-order valence-corrected chi connectivity index (χ4v) is 5.48. The largest absolute Gasteiger partial charge is 0.475 e. The van der Waals surface area contributed by atoms with E-state index in [9.17, 15) is 8.60 Å². The maximum atomic E-state index is 14.7. The minimum absolute atomic E-state index is 0.00675. The van der Waals surface area contributed by atoms with Crippen LogP contribution in [0.4, 0.5) is 10.1 Å². The maximum absolute atomic E-state index is 14.7.